The maximum Gasteiger partial charge on any atom is 0.194 e. The molecule has 1 unspecified atom stereocenters. The van der Waals surface area contributed by atoms with Gasteiger partial charge in [-0.1, -0.05) is 28.1 Å². The van der Waals surface area contributed by atoms with Crippen molar-refractivity contribution in [2.45, 2.75) is 12.5 Å². The smallest absolute Gasteiger partial charge is 0.194 e. The summed E-state index contributed by atoms with van der Waals surface area (Å²) in [7, 11) is 0. The van der Waals surface area contributed by atoms with Crippen LogP contribution in [0.3, 0.4) is 0 Å². The van der Waals surface area contributed by atoms with Crippen LogP contribution in [-0.4, -0.2) is 0 Å². The molecule has 3 N–H and O–H groups in total. The van der Waals surface area contributed by atoms with E-state index in [1.54, 1.807) is 0 Å². The fraction of sp³-hybridized carbons (Fsp3) is 0.143. The zero-order valence-electron chi connectivity index (χ0n) is 10.6. The molecule has 0 aliphatic rings. The largest absolute Gasteiger partial charge is 0.271 e. The molecule has 2 aromatic rings. The Labute approximate surface area is 127 Å². The molecule has 0 aliphatic heterocycles. The highest BCUT2D eigenvalue weighted by Crippen LogP contribution is 2.27. The van der Waals surface area contributed by atoms with E-state index >= 15 is 0 Å². The summed E-state index contributed by atoms with van der Waals surface area (Å²) in [5.74, 6) is 0.825. The lowest BCUT2D eigenvalue weighted by Gasteiger charge is -2.18. The van der Waals surface area contributed by atoms with E-state index in [2.05, 4.69) is 21.4 Å². The Morgan fingerprint density at radius 1 is 1.05 bits per heavy atom. The van der Waals surface area contributed by atoms with Crippen LogP contribution in [0, 0.1) is 23.3 Å². The fourth-order valence-electron chi connectivity index (χ4n) is 1.98. The van der Waals surface area contributed by atoms with Crippen LogP contribution in [0.4, 0.5) is 17.6 Å². The number of nitrogens with two attached hydrogens (primary N) is 1. The van der Waals surface area contributed by atoms with E-state index in [1.165, 1.54) is 18.2 Å². The quantitative estimate of drug-likeness (QED) is 0.376. The number of nitrogens with one attached hydrogen (secondary N) is 1. The molecule has 2 rings (SSSR count). The summed E-state index contributed by atoms with van der Waals surface area (Å²) in [5, 5.41) is 0. The van der Waals surface area contributed by atoms with Crippen molar-refractivity contribution in [1.82, 2.24) is 5.43 Å². The SMILES string of the molecule is NNC(Cc1ccc(F)cc1Br)c1ccc(F)c(F)c1F. The molecule has 2 aromatic carbocycles. The minimum atomic E-state index is -1.55. The minimum absolute atomic E-state index is 0.104. The third-order valence-corrected chi connectivity index (χ3v) is 3.82. The van der Waals surface area contributed by atoms with Gasteiger partial charge in [0.25, 0.3) is 0 Å². The van der Waals surface area contributed by atoms with Crippen LogP contribution in [0.5, 0.6) is 0 Å². The van der Waals surface area contributed by atoms with E-state index in [0.29, 0.717) is 10.0 Å². The average Bonchev–Trinajstić information content (AvgIpc) is 2.45. The van der Waals surface area contributed by atoms with Crippen molar-refractivity contribution in [3.63, 3.8) is 0 Å². The molecule has 7 heteroatoms. The van der Waals surface area contributed by atoms with Crippen LogP contribution in [0.2, 0.25) is 0 Å². The van der Waals surface area contributed by atoms with E-state index in [-0.39, 0.29) is 12.0 Å². The van der Waals surface area contributed by atoms with Gasteiger partial charge < -0.3 is 0 Å². The number of halogens is 5. The predicted octanol–water partition coefficient (Wildman–Crippen LogP) is 3.75. The highest BCUT2D eigenvalue weighted by Gasteiger charge is 2.21. The van der Waals surface area contributed by atoms with Gasteiger partial charge in [-0.2, -0.15) is 0 Å². The number of rotatable bonds is 4. The van der Waals surface area contributed by atoms with Crippen molar-refractivity contribution in [1.29, 1.82) is 0 Å². The predicted molar refractivity (Wildman–Crippen MR) is 74.2 cm³/mol. The Balaban J connectivity index is 2.34. The number of hydrazine groups is 1. The molecule has 0 amide bonds. The Morgan fingerprint density at radius 3 is 2.38 bits per heavy atom. The van der Waals surface area contributed by atoms with Gasteiger partial charge in [-0.05, 0) is 30.2 Å². The molecular weight excluding hydrogens is 352 g/mol. The van der Waals surface area contributed by atoms with E-state index in [4.69, 9.17) is 5.84 Å². The van der Waals surface area contributed by atoms with Gasteiger partial charge in [0.1, 0.15) is 5.82 Å². The van der Waals surface area contributed by atoms with Gasteiger partial charge in [0.05, 0.1) is 6.04 Å². The summed E-state index contributed by atoms with van der Waals surface area (Å²) in [6.45, 7) is 0. The van der Waals surface area contributed by atoms with Crippen LogP contribution in [0.1, 0.15) is 17.2 Å². The molecule has 0 spiro atoms. The van der Waals surface area contributed by atoms with Crippen LogP contribution < -0.4 is 11.3 Å². The van der Waals surface area contributed by atoms with E-state index < -0.39 is 29.3 Å². The molecule has 21 heavy (non-hydrogen) atoms. The monoisotopic (exact) mass is 362 g/mol. The molecule has 2 nitrogen and oxygen atoms in total. The zero-order chi connectivity index (χ0) is 15.6. The first kappa shape index (κ1) is 15.9. The third-order valence-electron chi connectivity index (χ3n) is 3.08. The van der Waals surface area contributed by atoms with Crippen molar-refractivity contribution in [2.75, 3.05) is 0 Å². The molecule has 0 heterocycles. The molecule has 0 aliphatic carbocycles. The number of hydrogen-bond donors (Lipinski definition) is 2. The molecule has 0 bridgehead atoms. The molecule has 0 saturated carbocycles. The second kappa shape index (κ2) is 6.55. The standard InChI is InChI=1S/C14H11BrF4N2/c15-10-6-8(16)2-1-7(10)5-12(21-20)9-3-4-11(17)14(19)13(9)18/h1-4,6,12,21H,5,20H2. The van der Waals surface area contributed by atoms with Crippen molar-refractivity contribution in [3.8, 4) is 0 Å². The van der Waals surface area contributed by atoms with Crippen LogP contribution >= 0.6 is 15.9 Å². The first-order valence-electron chi connectivity index (χ1n) is 5.97. The van der Waals surface area contributed by atoms with Gasteiger partial charge in [0.15, 0.2) is 17.5 Å². The van der Waals surface area contributed by atoms with Crippen LogP contribution in [0.25, 0.3) is 0 Å². The van der Waals surface area contributed by atoms with Crippen LogP contribution in [0.15, 0.2) is 34.8 Å². The highest BCUT2D eigenvalue weighted by molar-refractivity contribution is 9.10. The van der Waals surface area contributed by atoms with Crippen molar-refractivity contribution in [2.24, 2.45) is 5.84 Å². The Hall–Kier alpha value is -1.44. The van der Waals surface area contributed by atoms with E-state index in [0.717, 1.165) is 12.1 Å². The highest BCUT2D eigenvalue weighted by atomic mass is 79.9. The van der Waals surface area contributed by atoms with Crippen molar-refractivity contribution < 1.29 is 17.6 Å². The summed E-state index contributed by atoms with van der Waals surface area (Å²) >= 11 is 3.19. The van der Waals surface area contributed by atoms with Gasteiger partial charge in [0.2, 0.25) is 0 Å². The number of hydrogen-bond acceptors (Lipinski definition) is 2. The van der Waals surface area contributed by atoms with E-state index in [1.807, 2.05) is 0 Å². The molecule has 0 aromatic heterocycles. The summed E-state index contributed by atoms with van der Waals surface area (Å²) in [4.78, 5) is 0. The van der Waals surface area contributed by atoms with Crippen LogP contribution in [-0.2, 0) is 6.42 Å². The molecule has 1 atom stereocenters. The van der Waals surface area contributed by atoms with Gasteiger partial charge in [-0.3, -0.25) is 11.3 Å². The molecule has 0 radical (unpaired) electrons. The lowest BCUT2D eigenvalue weighted by Crippen LogP contribution is -2.30. The average molecular weight is 363 g/mol. The van der Waals surface area contributed by atoms with E-state index in [9.17, 15) is 17.6 Å². The Morgan fingerprint density at radius 2 is 1.76 bits per heavy atom. The summed E-state index contributed by atoms with van der Waals surface area (Å²) < 4.78 is 53.5. The topological polar surface area (TPSA) is 38.0 Å². The Bertz CT molecular complexity index is 664. The van der Waals surface area contributed by atoms with Gasteiger partial charge >= 0.3 is 0 Å². The van der Waals surface area contributed by atoms with Crippen molar-refractivity contribution >= 4 is 15.9 Å². The van der Waals surface area contributed by atoms with Gasteiger partial charge in [-0.25, -0.2) is 17.6 Å². The lowest BCUT2D eigenvalue weighted by molar-refractivity contribution is 0.424. The molecule has 0 fully saturated rings. The third kappa shape index (κ3) is 3.42. The lowest BCUT2D eigenvalue weighted by atomic mass is 9.98. The maximum absolute atomic E-state index is 13.8. The first-order chi connectivity index (χ1) is 9.93. The molecule has 0 saturated heterocycles. The fourth-order valence-corrected chi connectivity index (χ4v) is 2.49. The summed E-state index contributed by atoms with van der Waals surface area (Å²) in [6, 6.07) is 5.16. The minimum Gasteiger partial charge on any atom is -0.271 e. The summed E-state index contributed by atoms with van der Waals surface area (Å²) in [5.41, 5.74) is 2.89. The molecule has 112 valence electrons. The van der Waals surface area contributed by atoms with Gasteiger partial charge in [-0.15, -0.1) is 0 Å². The Kier molecular flexibility index (Phi) is 4.97. The molecular formula is C14H11BrF4N2. The first-order valence-corrected chi connectivity index (χ1v) is 6.76. The second-order valence-corrected chi connectivity index (χ2v) is 5.28. The van der Waals surface area contributed by atoms with Crippen molar-refractivity contribution in [3.05, 3.63) is 69.2 Å². The zero-order valence-corrected chi connectivity index (χ0v) is 12.2. The van der Waals surface area contributed by atoms with Gasteiger partial charge in [0, 0.05) is 10.0 Å². The number of benzene rings is 2. The second-order valence-electron chi connectivity index (χ2n) is 4.42. The summed E-state index contributed by atoms with van der Waals surface area (Å²) in [6.07, 6.45) is 0.166. The normalized spacial score (nSPS) is 12.5. The maximum atomic E-state index is 13.8.